The number of aromatic nitrogens is 1. The maximum atomic E-state index is 11.3. The Kier molecular flexibility index (Phi) is 4.86. The molecule has 0 bridgehead atoms. The number of carboxylic acids is 1. The predicted octanol–water partition coefficient (Wildman–Crippen LogP) is 5.11. The molecular formula is C20H20N2O2S. The molecule has 4 nitrogen and oxygen atoms in total. The van der Waals surface area contributed by atoms with Gasteiger partial charge in [0.15, 0.2) is 5.13 Å². The molecule has 25 heavy (non-hydrogen) atoms. The van der Waals surface area contributed by atoms with E-state index in [1.165, 1.54) is 11.3 Å². The zero-order valence-electron chi connectivity index (χ0n) is 14.5. The number of benzene rings is 2. The third-order valence-electron chi connectivity index (χ3n) is 3.93. The van der Waals surface area contributed by atoms with Crippen LogP contribution in [0, 0.1) is 20.8 Å². The van der Waals surface area contributed by atoms with Crippen LogP contribution in [0.15, 0.2) is 42.5 Å². The number of rotatable bonds is 5. The normalized spacial score (nSPS) is 10.7. The van der Waals surface area contributed by atoms with Crippen molar-refractivity contribution < 1.29 is 9.90 Å². The minimum atomic E-state index is -0.850. The van der Waals surface area contributed by atoms with Crippen LogP contribution in [0.1, 0.15) is 21.6 Å². The summed E-state index contributed by atoms with van der Waals surface area (Å²) in [5, 5.41) is 13.3. The summed E-state index contributed by atoms with van der Waals surface area (Å²) in [6.07, 6.45) is -0.0319. The number of aliphatic carboxylic acids is 1. The van der Waals surface area contributed by atoms with Crippen molar-refractivity contribution >= 4 is 28.1 Å². The van der Waals surface area contributed by atoms with Crippen LogP contribution in [-0.4, -0.2) is 16.1 Å². The van der Waals surface area contributed by atoms with Gasteiger partial charge in [-0.2, -0.15) is 0 Å². The van der Waals surface area contributed by atoms with E-state index in [0.29, 0.717) is 5.13 Å². The summed E-state index contributed by atoms with van der Waals surface area (Å²) in [5.41, 5.74) is 6.06. The van der Waals surface area contributed by atoms with E-state index < -0.39 is 5.97 Å². The van der Waals surface area contributed by atoms with Gasteiger partial charge in [-0.3, -0.25) is 4.79 Å². The van der Waals surface area contributed by atoms with E-state index in [2.05, 4.69) is 11.4 Å². The summed E-state index contributed by atoms with van der Waals surface area (Å²) in [5.74, 6) is -0.850. The topological polar surface area (TPSA) is 62.2 Å². The number of aryl methyl sites for hydroxylation is 3. The average Bonchev–Trinajstić information content (AvgIpc) is 2.91. The first kappa shape index (κ1) is 17.2. The molecule has 0 radical (unpaired) electrons. The lowest BCUT2D eigenvalue weighted by Gasteiger charge is -2.06. The van der Waals surface area contributed by atoms with Gasteiger partial charge in [0.2, 0.25) is 0 Å². The SMILES string of the molecule is Cc1cccc(Nc2nc(-c3cc(C)ccc3C)c(CC(=O)O)s2)c1. The monoisotopic (exact) mass is 352 g/mol. The quantitative estimate of drug-likeness (QED) is 0.670. The molecule has 1 aromatic heterocycles. The molecular weight excluding hydrogens is 332 g/mol. The fourth-order valence-corrected chi connectivity index (χ4v) is 3.70. The Morgan fingerprint density at radius 3 is 2.60 bits per heavy atom. The van der Waals surface area contributed by atoms with E-state index in [9.17, 15) is 9.90 Å². The van der Waals surface area contributed by atoms with Crippen LogP contribution < -0.4 is 5.32 Å². The highest BCUT2D eigenvalue weighted by atomic mass is 32.1. The zero-order chi connectivity index (χ0) is 18.0. The molecule has 2 N–H and O–H groups in total. The molecule has 0 unspecified atom stereocenters. The minimum Gasteiger partial charge on any atom is -0.481 e. The Morgan fingerprint density at radius 1 is 1.12 bits per heavy atom. The molecule has 2 aromatic carbocycles. The van der Waals surface area contributed by atoms with E-state index in [4.69, 9.17) is 4.98 Å². The molecule has 3 aromatic rings. The molecule has 0 saturated carbocycles. The van der Waals surface area contributed by atoms with Crippen LogP contribution in [0.5, 0.6) is 0 Å². The summed E-state index contributed by atoms with van der Waals surface area (Å²) in [4.78, 5) is 16.7. The number of nitrogens with zero attached hydrogens (tertiary/aromatic N) is 1. The Hall–Kier alpha value is -2.66. The molecule has 3 rings (SSSR count). The number of nitrogens with one attached hydrogen (secondary N) is 1. The molecule has 0 fully saturated rings. The van der Waals surface area contributed by atoms with Crippen LogP contribution in [0.2, 0.25) is 0 Å². The Bertz CT molecular complexity index is 931. The molecule has 0 spiro atoms. The molecule has 128 valence electrons. The van der Waals surface area contributed by atoms with Gasteiger partial charge in [0, 0.05) is 16.1 Å². The molecule has 0 amide bonds. The first-order valence-corrected chi connectivity index (χ1v) is 8.87. The minimum absolute atomic E-state index is 0.0319. The lowest BCUT2D eigenvalue weighted by atomic mass is 10.0. The van der Waals surface area contributed by atoms with E-state index in [-0.39, 0.29) is 6.42 Å². The lowest BCUT2D eigenvalue weighted by Crippen LogP contribution is -2.00. The third-order valence-corrected chi connectivity index (χ3v) is 4.90. The number of carboxylic acid groups (broad SMARTS) is 1. The molecule has 5 heteroatoms. The standard InChI is InChI=1S/C20H20N2O2S/c1-12-5-4-6-15(9-12)21-20-22-19(17(25-20)11-18(23)24)16-10-13(2)7-8-14(16)3/h4-10H,11H2,1-3H3,(H,21,22)(H,23,24). The smallest absolute Gasteiger partial charge is 0.308 e. The first-order chi connectivity index (χ1) is 11.9. The fraction of sp³-hybridized carbons (Fsp3) is 0.200. The van der Waals surface area contributed by atoms with E-state index >= 15 is 0 Å². The summed E-state index contributed by atoms with van der Waals surface area (Å²) < 4.78 is 0. The van der Waals surface area contributed by atoms with Gasteiger partial charge in [0.05, 0.1) is 12.1 Å². The Labute approximate surface area is 151 Å². The average molecular weight is 352 g/mol. The van der Waals surface area contributed by atoms with Gasteiger partial charge in [-0.15, -0.1) is 11.3 Å². The Morgan fingerprint density at radius 2 is 1.88 bits per heavy atom. The lowest BCUT2D eigenvalue weighted by molar-refractivity contribution is -0.136. The highest BCUT2D eigenvalue weighted by molar-refractivity contribution is 7.16. The molecule has 0 aliphatic rings. The van der Waals surface area contributed by atoms with Gasteiger partial charge in [0.1, 0.15) is 0 Å². The van der Waals surface area contributed by atoms with Crippen LogP contribution in [0.25, 0.3) is 11.3 Å². The number of carbonyl (C=O) groups is 1. The van der Waals surface area contributed by atoms with Crippen LogP contribution in [0.3, 0.4) is 0 Å². The van der Waals surface area contributed by atoms with Crippen molar-refractivity contribution in [3.8, 4) is 11.3 Å². The highest BCUT2D eigenvalue weighted by Crippen LogP contribution is 2.35. The van der Waals surface area contributed by atoms with Gasteiger partial charge in [-0.1, -0.05) is 29.8 Å². The predicted molar refractivity (Wildman–Crippen MR) is 103 cm³/mol. The zero-order valence-corrected chi connectivity index (χ0v) is 15.3. The van der Waals surface area contributed by atoms with Crippen LogP contribution in [-0.2, 0) is 11.2 Å². The van der Waals surface area contributed by atoms with E-state index in [0.717, 1.165) is 38.5 Å². The number of thiazole rings is 1. The largest absolute Gasteiger partial charge is 0.481 e. The molecule has 0 atom stereocenters. The van der Waals surface area contributed by atoms with Crippen molar-refractivity contribution in [2.75, 3.05) is 5.32 Å². The van der Waals surface area contributed by atoms with Crippen molar-refractivity contribution in [1.29, 1.82) is 0 Å². The van der Waals surface area contributed by atoms with Gasteiger partial charge in [0.25, 0.3) is 0 Å². The second-order valence-corrected chi connectivity index (χ2v) is 7.26. The van der Waals surface area contributed by atoms with E-state index in [1.807, 2.05) is 57.2 Å². The fourth-order valence-electron chi connectivity index (χ4n) is 2.71. The summed E-state index contributed by atoms with van der Waals surface area (Å²) in [7, 11) is 0. The second-order valence-electron chi connectivity index (χ2n) is 6.17. The summed E-state index contributed by atoms with van der Waals surface area (Å²) in [6, 6.07) is 14.2. The van der Waals surface area contributed by atoms with Gasteiger partial charge in [-0.05, 0) is 50.1 Å². The first-order valence-electron chi connectivity index (χ1n) is 8.05. The van der Waals surface area contributed by atoms with Crippen molar-refractivity contribution in [3.05, 3.63) is 64.0 Å². The highest BCUT2D eigenvalue weighted by Gasteiger charge is 2.17. The maximum absolute atomic E-state index is 11.3. The third kappa shape index (κ3) is 4.06. The van der Waals surface area contributed by atoms with Crippen molar-refractivity contribution in [3.63, 3.8) is 0 Å². The number of hydrogen-bond acceptors (Lipinski definition) is 4. The van der Waals surface area contributed by atoms with Gasteiger partial charge < -0.3 is 10.4 Å². The number of anilines is 2. The van der Waals surface area contributed by atoms with Gasteiger partial charge in [-0.25, -0.2) is 4.98 Å². The van der Waals surface area contributed by atoms with Crippen LogP contribution >= 0.6 is 11.3 Å². The number of hydrogen-bond donors (Lipinski definition) is 2. The van der Waals surface area contributed by atoms with Gasteiger partial charge >= 0.3 is 5.97 Å². The maximum Gasteiger partial charge on any atom is 0.308 e. The van der Waals surface area contributed by atoms with Crippen molar-refractivity contribution in [2.45, 2.75) is 27.2 Å². The molecule has 0 aliphatic carbocycles. The molecule has 0 aliphatic heterocycles. The Balaban J connectivity index is 2.03. The molecule has 1 heterocycles. The molecule has 0 saturated heterocycles. The summed E-state index contributed by atoms with van der Waals surface area (Å²) >= 11 is 1.39. The van der Waals surface area contributed by atoms with Crippen molar-refractivity contribution in [1.82, 2.24) is 4.98 Å². The second kappa shape index (κ2) is 7.07. The van der Waals surface area contributed by atoms with E-state index in [1.54, 1.807) is 0 Å². The van der Waals surface area contributed by atoms with Crippen molar-refractivity contribution in [2.24, 2.45) is 0 Å². The van der Waals surface area contributed by atoms with Crippen LogP contribution in [0.4, 0.5) is 10.8 Å². The summed E-state index contributed by atoms with van der Waals surface area (Å²) in [6.45, 7) is 6.08.